The molecule has 1 heterocycles. The van der Waals surface area contributed by atoms with Crippen LogP contribution in [0.15, 0.2) is 12.3 Å². The molecule has 1 rings (SSSR count). The van der Waals surface area contributed by atoms with Crippen LogP contribution in [-0.2, 0) is 18.3 Å². The molecule has 7 nitrogen and oxygen atoms in total. The van der Waals surface area contributed by atoms with Crippen LogP contribution >= 0.6 is 0 Å². The van der Waals surface area contributed by atoms with Gasteiger partial charge in [0.1, 0.15) is 6.54 Å². The number of urea groups is 1. The van der Waals surface area contributed by atoms with Gasteiger partial charge in [-0.2, -0.15) is 5.10 Å². The van der Waals surface area contributed by atoms with Crippen molar-refractivity contribution in [3.63, 3.8) is 0 Å². The highest BCUT2D eigenvalue weighted by molar-refractivity contribution is 5.80. The minimum absolute atomic E-state index is 0.0400. The highest BCUT2D eigenvalue weighted by Gasteiger charge is 2.14. The van der Waals surface area contributed by atoms with E-state index in [0.717, 1.165) is 10.6 Å². The van der Waals surface area contributed by atoms with E-state index in [-0.39, 0.29) is 6.54 Å². The molecule has 102 valence electrons. The number of carbonyl (C=O) groups excluding carboxylic acids is 1. The Morgan fingerprint density at radius 1 is 1.63 bits per heavy atom. The minimum atomic E-state index is -1.10. The van der Waals surface area contributed by atoms with Gasteiger partial charge in [0.25, 0.3) is 0 Å². The fourth-order valence-electron chi connectivity index (χ4n) is 1.48. The molecule has 2 N–H and O–H groups in total. The van der Waals surface area contributed by atoms with Gasteiger partial charge >= 0.3 is 12.0 Å². The van der Waals surface area contributed by atoms with Crippen molar-refractivity contribution in [2.75, 3.05) is 19.6 Å². The lowest BCUT2D eigenvalue weighted by Crippen LogP contribution is -2.43. The van der Waals surface area contributed by atoms with Gasteiger partial charge in [0, 0.05) is 26.2 Å². The first kappa shape index (κ1) is 14.6. The Bertz CT molecular complexity index is 489. The maximum absolute atomic E-state index is 11.7. The molecule has 0 fully saturated rings. The van der Waals surface area contributed by atoms with Crippen LogP contribution in [0, 0.1) is 12.3 Å². The number of rotatable bonds is 6. The SMILES string of the molecule is C#CCN(CC(=O)O)C(=O)NCCc1ccn(C)n1. The van der Waals surface area contributed by atoms with Gasteiger partial charge in [-0.15, -0.1) is 6.42 Å². The predicted molar refractivity (Wildman–Crippen MR) is 68.4 cm³/mol. The maximum atomic E-state index is 11.7. The van der Waals surface area contributed by atoms with E-state index in [9.17, 15) is 9.59 Å². The number of nitrogens with one attached hydrogen (secondary N) is 1. The predicted octanol–water partition coefficient (Wildman–Crippen LogP) is -0.308. The maximum Gasteiger partial charge on any atom is 0.323 e. The zero-order valence-electron chi connectivity index (χ0n) is 10.7. The van der Waals surface area contributed by atoms with E-state index in [4.69, 9.17) is 11.5 Å². The molecule has 2 amide bonds. The van der Waals surface area contributed by atoms with E-state index >= 15 is 0 Å². The van der Waals surface area contributed by atoms with Crippen LogP contribution in [0.5, 0.6) is 0 Å². The molecule has 0 aliphatic rings. The Labute approximate surface area is 111 Å². The number of hydrogen-bond acceptors (Lipinski definition) is 3. The highest BCUT2D eigenvalue weighted by Crippen LogP contribution is 1.95. The molecule has 0 saturated carbocycles. The Hall–Kier alpha value is -2.49. The smallest absolute Gasteiger partial charge is 0.323 e. The lowest BCUT2D eigenvalue weighted by molar-refractivity contribution is -0.137. The summed E-state index contributed by atoms with van der Waals surface area (Å²) in [6, 6.07) is 1.36. The van der Waals surface area contributed by atoms with Crippen molar-refractivity contribution in [1.29, 1.82) is 0 Å². The van der Waals surface area contributed by atoms with Crippen LogP contribution < -0.4 is 5.32 Å². The first-order chi connectivity index (χ1) is 9.02. The van der Waals surface area contributed by atoms with Crippen LogP contribution in [-0.4, -0.2) is 51.4 Å². The minimum Gasteiger partial charge on any atom is -0.480 e. The number of aromatic nitrogens is 2. The molecule has 19 heavy (non-hydrogen) atoms. The van der Waals surface area contributed by atoms with E-state index in [1.54, 1.807) is 4.68 Å². The second-order valence-corrected chi connectivity index (χ2v) is 3.92. The Morgan fingerprint density at radius 2 is 2.37 bits per heavy atom. The lowest BCUT2D eigenvalue weighted by Gasteiger charge is -2.18. The number of carboxylic acids is 1. The molecule has 0 aliphatic heterocycles. The number of aryl methyl sites for hydroxylation is 1. The summed E-state index contributed by atoms with van der Waals surface area (Å²) in [6.45, 7) is -0.0854. The molecule has 0 atom stereocenters. The largest absolute Gasteiger partial charge is 0.480 e. The van der Waals surface area contributed by atoms with Crippen molar-refractivity contribution in [1.82, 2.24) is 20.0 Å². The summed E-state index contributed by atoms with van der Waals surface area (Å²) < 4.78 is 1.67. The zero-order valence-corrected chi connectivity index (χ0v) is 10.7. The average Bonchev–Trinajstić information content (AvgIpc) is 2.74. The van der Waals surface area contributed by atoms with Crippen LogP contribution in [0.25, 0.3) is 0 Å². The quantitative estimate of drug-likeness (QED) is 0.690. The second kappa shape index (κ2) is 7.06. The van der Waals surface area contributed by atoms with Crippen LogP contribution in [0.1, 0.15) is 5.69 Å². The third-order valence-corrected chi connectivity index (χ3v) is 2.32. The van der Waals surface area contributed by atoms with Gasteiger partial charge in [0.15, 0.2) is 0 Å². The number of amides is 2. The second-order valence-electron chi connectivity index (χ2n) is 3.92. The fourth-order valence-corrected chi connectivity index (χ4v) is 1.48. The van der Waals surface area contributed by atoms with E-state index in [0.29, 0.717) is 13.0 Å². The first-order valence-electron chi connectivity index (χ1n) is 5.69. The topological polar surface area (TPSA) is 87.5 Å². The van der Waals surface area contributed by atoms with Crippen LogP contribution in [0.2, 0.25) is 0 Å². The molecule has 0 saturated heterocycles. The van der Waals surface area contributed by atoms with Gasteiger partial charge in [-0.25, -0.2) is 4.79 Å². The summed E-state index contributed by atoms with van der Waals surface area (Å²) >= 11 is 0. The number of carboxylic acid groups (broad SMARTS) is 1. The van der Waals surface area contributed by atoms with Crippen LogP contribution in [0.4, 0.5) is 4.79 Å². The molecule has 0 radical (unpaired) electrons. The van der Waals surface area contributed by atoms with Crippen molar-refractivity contribution < 1.29 is 14.7 Å². The normalized spacial score (nSPS) is 9.68. The van der Waals surface area contributed by atoms with Crippen molar-refractivity contribution in [2.24, 2.45) is 7.05 Å². The number of hydrogen-bond donors (Lipinski definition) is 2. The molecule has 0 aliphatic carbocycles. The first-order valence-corrected chi connectivity index (χ1v) is 5.69. The van der Waals surface area contributed by atoms with Gasteiger partial charge in [-0.05, 0) is 6.07 Å². The molecular weight excluding hydrogens is 248 g/mol. The Kier molecular flexibility index (Phi) is 5.41. The molecule has 0 bridgehead atoms. The van der Waals surface area contributed by atoms with Crippen molar-refractivity contribution >= 4 is 12.0 Å². The highest BCUT2D eigenvalue weighted by atomic mass is 16.4. The van der Waals surface area contributed by atoms with Gasteiger partial charge in [-0.1, -0.05) is 5.92 Å². The molecule has 0 spiro atoms. The number of nitrogens with zero attached hydrogens (tertiary/aromatic N) is 3. The van der Waals surface area contributed by atoms with Crippen molar-refractivity contribution in [3.05, 3.63) is 18.0 Å². The summed E-state index contributed by atoms with van der Waals surface area (Å²) in [7, 11) is 1.81. The molecule has 7 heteroatoms. The summed E-state index contributed by atoms with van der Waals surface area (Å²) in [6.07, 6.45) is 7.47. The van der Waals surface area contributed by atoms with Crippen molar-refractivity contribution in [2.45, 2.75) is 6.42 Å². The van der Waals surface area contributed by atoms with E-state index < -0.39 is 18.5 Å². The molecule has 0 unspecified atom stereocenters. The van der Waals surface area contributed by atoms with Gasteiger partial charge in [0.05, 0.1) is 12.2 Å². The Balaban J connectivity index is 2.39. The molecule has 1 aromatic heterocycles. The standard InChI is InChI=1S/C12H16N4O3/c1-3-7-16(9-11(17)18)12(19)13-6-4-10-5-8-15(2)14-10/h1,5,8H,4,6-7,9H2,2H3,(H,13,19)(H,17,18). The van der Waals surface area contributed by atoms with E-state index in [1.165, 1.54) is 0 Å². The number of carbonyl (C=O) groups is 2. The summed E-state index contributed by atoms with van der Waals surface area (Å²) in [4.78, 5) is 23.3. The van der Waals surface area contributed by atoms with Gasteiger partial charge in [-0.3, -0.25) is 9.48 Å². The lowest BCUT2D eigenvalue weighted by atomic mass is 10.3. The monoisotopic (exact) mass is 264 g/mol. The molecule has 0 aromatic carbocycles. The van der Waals surface area contributed by atoms with Gasteiger partial charge < -0.3 is 15.3 Å². The van der Waals surface area contributed by atoms with Crippen molar-refractivity contribution in [3.8, 4) is 12.3 Å². The summed E-state index contributed by atoms with van der Waals surface area (Å²) in [5, 5.41) is 15.4. The van der Waals surface area contributed by atoms with E-state index in [2.05, 4.69) is 16.3 Å². The third-order valence-electron chi connectivity index (χ3n) is 2.32. The molecule has 1 aromatic rings. The summed E-state index contributed by atoms with van der Waals surface area (Å²) in [5.41, 5.74) is 0.851. The molecular formula is C12H16N4O3. The zero-order chi connectivity index (χ0) is 14.3. The number of aliphatic carboxylic acids is 1. The summed E-state index contributed by atoms with van der Waals surface area (Å²) in [5.74, 6) is 1.15. The van der Waals surface area contributed by atoms with Gasteiger partial charge in [0.2, 0.25) is 0 Å². The number of terminal acetylenes is 1. The fraction of sp³-hybridized carbons (Fsp3) is 0.417. The Morgan fingerprint density at radius 3 is 2.89 bits per heavy atom. The average molecular weight is 264 g/mol. The van der Waals surface area contributed by atoms with Crippen LogP contribution in [0.3, 0.4) is 0 Å². The third kappa shape index (κ3) is 5.12. The van der Waals surface area contributed by atoms with E-state index in [1.807, 2.05) is 19.3 Å².